The van der Waals surface area contributed by atoms with Gasteiger partial charge in [-0.3, -0.25) is 0 Å². The fraction of sp³-hybridized carbons (Fsp3) is 0.583. The number of anilines is 1. The Labute approximate surface area is 106 Å². The predicted octanol–water partition coefficient (Wildman–Crippen LogP) is 2.37. The van der Waals surface area contributed by atoms with Crippen molar-refractivity contribution in [3.63, 3.8) is 0 Å². The average molecular weight is 284 g/mol. The van der Waals surface area contributed by atoms with Crippen LogP contribution in [-0.4, -0.2) is 42.6 Å². The molecule has 0 amide bonds. The van der Waals surface area contributed by atoms with Gasteiger partial charge in [-0.25, -0.2) is 4.98 Å². The summed E-state index contributed by atoms with van der Waals surface area (Å²) in [7, 11) is 2.20. The third-order valence-corrected chi connectivity index (χ3v) is 3.79. The van der Waals surface area contributed by atoms with Crippen LogP contribution in [0.5, 0.6) is 0 Å². The highest BCUT2D eigenvalue weighted by atomic mass is 79.9. The Morgan fingerprint density at radius 3 is 3.00 bits per heavy atom. The van der Waals surface area contributed by atoms with E-state index in [-0.39, 0.29) is 0 Å². The first-order valence-corrected chi connectivity index (χ1v) is 6.56. The molecular weight excluding hydrogens is 266 g/mol. The molecule has 1 atom stereocenters. The second-order valence-electron chi connectivity index (χ2n) is 4.30. The van der Waals surface area contributed by atoms with Gasteiger partial charge in [-0.1, -0.05) is 6.92 Å². The van der Waals surface area contributed by atoms with Crippen molar-refractivity contribution < 1.29 is 0 Å². The molecule has 1 fully saturated rings. The summed E-state index contributed by atoms with van der Waals surface area (Å²) in [5.74, 6) is 1.09. The van der Waals surface area contributed by atoms with Crippen molar-refractivity contribution >= 4 is 21.7 Å². The van der Waals surface area contributed by atoms with E-state index in [9.17, 15) is 0 Å². The van der Waals surface area contributed by atoms with E-state index in [0.29, 0.717) is 6.04 Å². The maximum absolute atomic E-state index is 4.44. The second kappa shape index (κ2) is 5.15. The van der Waals surface area contributed by atoms with E-state index in [2.05, 4.69) is 56.8 Å². The van der Waals surface area contributed by atoms with Crippen LogP contribution in [-0.2, 0) is 0 Å². The van der Waals surface area contributed by atoms with Crippen LogP contribution in [0.3, 0.4) is 0 Å². The van der Waals surface area contributed by atoms with Gasteiger partial charge in [-0.05, 0) is 48.1 Å². The Morgan fingerprint density at radius 2 is 2.38 bits per heavy atom. The van der Waals surface area contributed by atoms with Crippen LogP contribution in [0.15, 0.2) is 22.8 Å². The summed E-state index contributed by atoms with van der Waals surface area (Å²) < 4.78 is 1.04. The lowest BCUT2D eigenvalue weighted by Crippen LogP contribution is -2.34. The highest BCUT2D eigenvalue weighted by Crippen LogP contribution is 2.21. The van der Waals surface area contributed by atoms with Crippen molar-refractivity contribution in [2.75, 3.05) is 31.6 Å². The van der Waals surface area contributed by atoms with Crippen molar-refractivity contribution in [2.24, 2.45) is 0 Å². The van der Waals surface area contributed by atoms with Crippen molar-refractivity contribution in [3.05, 3.63) is 22.8 Å². The lowest BCUT2D eigenvalue weighted by Gasteiger charge is -2.23. The normalized spacial score (nSPS) is 20.8. The molecule has 1 saturated heterocycles. The van der Waals surface area contributed by atoms with E-state index in [1.807, 2.05) is 6.20 Å². The minimum Gasteiger partial charge on any atom is -0.355 e. The van der Waals surface area contributed by atoms with Crippen LogP contribution < -0.4 is 4.90 Å². The van der Waals surface area contributed by atoms with E-state index in [1.165, 1.54) is 6.42 Å². The molecule has 0 radical (unpaired) electrons. The maximum atomic E-state index is 4.44. The summed E-state index contributed by atoms with van der Waals surface area (Å²) in [6.07, 6.45) is 3.11. The summed E-state index contributed by atoms with van der Waals surface area (Å²) in [6, 6.07) is 4.81. The number of hydrogen-bond donors (Lipinski definition) is 0. The van der Waals surface area contributed by atoms with Crippen LogP contribution in [0.2, 0.25) is 0 Å². The average Bonchev–Trinajstić information content (AvgIpc) is 2.78. The van der Waals surface area contributed by atoms with E-state index >= 15 is 0 Å². The molecule has 1 aromatic rings. The van der Waals surface area contributed by atoms with Gasteiger partial charge in [-0.15, -0.1) is 0 Å². The fourth-order valence-corrected chi connectivity index (χ4v) is 2.36. The second-order valence-corrected chi connectivity index (χ2v) is 5.21. The third-order valence-electron chi connectivity index (χ3n) is 3.32. The van der Waals surface area contributed by atoms with Crippen LogP contribution in [0.1, 0.15) is 13.3 Å². The minimum atomic E-state index is 0.676. The van der Waals surface area contributed by atoms with Gasteiger partial charge in [0.05, 0.1) is 0 Å². The third kappa shape index (κ3) is 2.55. The summed E-state index contributed by atoms with van der Waals surface area (Å²) in [5.41, 5.74) is 0. The summed E-state index contributed by atoms with van der Waals surface area (Å²) in [6.45, 7) is 5.54. The maximum Gasteiger partial charge on any atom is 0.128 e. The summed E-state index contributed by atoms with van der Waals surface area (Å²) in [5, 5.41) is 0. The fourth-order valence-electron chi connectivity index (χ4n) is 2.12. The molecule has 16 heavy (non-hydrogen) atoms. The van der Waals surface area contributed by atoms with Crippen molar-refractivity contribution in [1.82, 2.24) is 9.88 Å². The number of likely N-dealkylation sites (N-methyl/N-ethyl adjacent to an activating group) is 1. The lowest BCUT2D eigenvalue weighted by molar-refractivity contribution is 0.272. The van der Waals surface area contributed by atoms with Gasteiger partial charge in [0.15, 0.2) is 0 Å². The van der Waals surface area contributed by atoms with Crippen LogP contribution in [0.25, 0.3) is 0 Å². The zero-order valence-electron chi connectivity index (χ0n) is 9.86. The number of nitrogens with zero attached hydrogens (tertiary/aromatic N) is 3. The topological polar surface area (TPSA) is 19.4 Å². The van der Waals surface area contributed by atoms with Gasteiger partial charge in [0.25, 0.3) is 0 Å². The Bertz CT molecular complexity index is 339. The van der Waals surface area contributed by atoms with Crippen LogP contribution in [0.4, 0.5) is 5.82 Å². The number of hydrogen-bond acceptors (Lipinski definition) is 3. The molecule has 0 N–H and O–H groups in total. The molecular formula is C12H18BrN3. The molecule has 0 spiro atoms. The van der Waals surface area contributed by atoms with E-state index in [0.717, 1.165) is 29.9 Å². The molecule has 3 nitrogen and oxygen atoms in total. The molecule has 2 heterocycles. The number of pyridine rings is 1. The molecule has 4 heteroatoms. The zero-order valence-corrected chi connectivity index (χ0v) is 11.4. The van der Waals surface area contributed by atoms with Crippen molar-refractivity contribution in [2.45, 2.75) is 19.4 Å². The van der Waals surface area contributed by atoms with Crippen LogP contribution >= 0.6 is 15.9 Å². The van der Waals surface area contributed by atoms with Gasteiger partial charge in [-0.2, -0.15) is 0 Å². The summed E-state index contributed by atoms with van der Waals surface area (Å²) >= 11 is 3.41. The highest BCUT2D eigenvalue weighted by Gasteiger charge is 2.25. The first-order valence-electron chi connectivity index (χ1n) is 5.77. The molecule has 0 aliphatic carbocycles. The molecule has 1 aromatic heterocycles. The number of halogens is 1. The van der Waals surface area contributed by atoms with Gasteiger partial charge in [0, 0.05) is 29.8 Å². The molecule has 1 aliphatic heterocycles. The van der Waals surface area contributed by atoms with Crippen molar-refractivity contribution in [1.29, 1.82) is 0 Å². The molecule has 0 unspecified atom stereocenters. The largest absolute Gasteiger partial charge is 0.355 e. The van der Waals surface area contributed by atoms with E-state index in [1.54, 1.807) is 0 Å². The molecule has 0 aromatic carbocycles. The first kappa shape index (κ1) is 11.9. The zero-order chi connectivity index (χ0) is 11.5. The number of aromatic nitrogens is 1. The smallest absolute Gasteiger partial charge is 0.128 e. The van der Waals surface area contributed by atoms with Gasteiger partial charge >= 0.3 is 0 Å². The monoisotopic (exact) mass is 283 g/mol. The van der Waals surface area contributed by atoms with Gasteiger partial charge < -0.3 is 9.80 Å². The number of rotatable bonds is 3. The molecule has 0 saturated carbocycles. The highest BCUT2D eigenvalue weighted by molar-refractivity contribution is 9.10. The van der Waals surface area contributed by atoms with E-state index < -0.39 is 0 Å². The standard InChI is InChI=1S/C12H18BrN3/c1-3-15(2)11-6-7-16(9-11)12-5-4-10(13)8-14-12/h4-5,8,11H,3,6-7,9H2,1-2H3/t11-/m0/s1. The molecule has 88 valence electrons. The molecule has 1 aliphatic rings. The Morgan fingerprint density at radius 1 is 1.56 bits per heavy atom. The quantitative estimate of drug-likeness (QED) is 0.849. The molecule has 0 bridgehead atoms. The minimum absolute atomic E-state index is 0.676. The SMILES string of the molecule is CCN(C)[C@H]1CCN(c2ccc(Br)cn2)C1. The Hall–Kier alpha value is -0.610. The van der Waals surface area contributed by atoms with E-state index in [4.69, 9.17) is 0 Å². The Kier molecular flexibility index (Phi) is 3.82. The Balaban J connectivity index is 2.00. The van der Waals surface area contributed by atoms with Crippen molar-refractivity contribution in [3.8, 4) is 0 Å². The molecule has 2 rings (SSSR count). The van der Waals surface area contributed by atoms with Crippen LogP contribution in [0, 0.1) is 0 Å². The van der Waals surface area contributed by atoms with Gasteiger partial charge in [0.1, 0.15) is 5.82 Å². The van der Waals surface area contributed by atoms with Gasteiger partial charge in [0.2, 0.25) is 0 Å². The first-order chi connectivity index (χ1) is 7.70. The summed E-state index contributed by atoms with van der Waals surface area (Å²) in [4.78, 5) is 9.22. The predicted molar refractivity (Wildman–Crippen MR) is 70.9 cm³/mol. The lowest BCUT2D eigenvalue weighted by atomic mass is 10.2.